The van der Waals surface area contributed by atoms with Crippen LogP contribution in [0.2, 0.25) is 0 Å². The number of aromatic nitrogens is 2. The molecule has 1 heterocycles. The zero-order valence-corrected chi connectivity index (χ0v) is 14.3. The van der Waals surface area contributed by atoms with E-state index in [9.17, 15) is 0 Å². The molecule has 0 bridgehead atoms. The molecular weight excluding hydrogens is 300 g/mol. The summed E-state index contributed by atoms with van der Waals surface area (Å²) in [7, 11) is 1.66. The molecule has 0 spiro atoms. The summed E-state index contributed by atoms with van der Waals surface area (Å²) in [5.41, 5.74) is 2.31. The third kappa shape index (κ3) is 3.82. The molecule has 124 valence electrons. The minimum absolute atomic E-state index is 0.0545. The van der Waals surface area contributed by atoms with Gasteiger partial charge in [-0.2, -0.15) is 4.98 Å². The molecule has 4 nitrogen and oxygen atoms in total. The first-order valence-electron chi connectivity index (χ1n) is 8.07. The molecule has 0 N–H and O–H groups in total. The average molecular weight is 322 g/mol. The predicted octanol–water partition coefficient (Wildman–Crippen LogP) is 4.19. The van der Waals surface area contributed by atoms with Crippen LogP contribution in [0.5, 0.6) is 5.75 Å². The third-order valence-electron chi connectivity index (χ3n) is 4.15. The summed E-state index contributed by atoms with van der Waals surface area (Å²) in [4.78, 5) is 4.55. The lowest BCUT2D eigenvalue weighted by atomic mass is 9.81. The number of benzene rings is 2. The second-order valence-electron chi connectivity index (χ2n) is 6.56. The van der Waals surface area contributed by atoms with E-state index in [0.29, 0.717) is 24.6 Å². The van der Waals surface area contributed by atoms with Gasteiger partial charge in [0.15, 0.2) is 5.82 Å². The molecule has 0 saturated carbocycles. The minimum atomic E-state index is -0.0545. The molecule has 4 heteroatoms. The van der Waals surface area contributed by atoms with E-state index in [1.54, 1.807) is 7.11 Å². The fourth-order valence-corrected chi connectivity index (χ4v) is 2.77. The van der Waals surface area contributed by atoms with Crippen LogP contribution in [-0.2, 0) is 18.3 Å². The van der Waals surface area contributed by atoms with Gasteiger partial charge in [-0.05, 0) is 28.7 Å². The summed E-state index contributed by atoms with van der Waals surface area (Å²) in [6.07, 6.45) is 1.34. The third-order valence-corrected chi connectivity index (χ3v) is 4.15. The second kappa shape index (κ2) is 6.87. The molecule has 0 fully saturated rings. The van der Waals surface area contributed by atoms with Crippen LogP contribution in [0.3, 0.4) is 0 Å². The van der Waals surface area contributed by atoms with Gasteiger partial charge in [0.2, 0.25) is 5.89 Å². The van der Waals surface area contributed by atoms with Gasteiger partial charge in [-0.15, -0.1) is 0 Å². The van der Waals surface area contributed by atoms with E-state index in [2.05, 4.69) is 48.3 Å². The van der Waals surface area contributed by atoms with Gasteiger partial charge in [0.25, 0.3) is 0 Å². The molecular formula is C20H22N2O2. The lowest BCUT2D eigenvalue weighted by Crippen LogP contribution is -2.20. The van der Waals surface area contributed by atoms with E-state index in [0.717, 1.165) is 11.3 Å². The molecule has 1 aromatic heterocycles. The van der Waals surface area contributed by atoms with Crippen molar-refractivity contribution in [1.29, 1.82) is 0 Å². The highest BCUT2D eigenvalue weighted by Crippen LogP contribution is 2.27. The Morgan fingerprint density at radius 2 is 1.83 bits per heavy atom. The maximum Gasteiger partial charge on any atom is 0.227 e. The van der Waals surface area contributed by atoms with E-state index in [-0.39, 0.29) is 5.41 Å². The lowest BCUT2D eigenvalue weighted by molar-refractivity contribution is 0.344. The van der Waals surface area contributed by atoms with Crippen LogP contribution < -0.4 is 4.74 Å². The van der Waals surface area contributed by atoms with Gasteiger partial charge in [-0.1, -0.05) is 61.5 Å². The van der Waals surface area contributed by atoms with Crippen molar-refractivity contribution < 1.29 is 9.26 Å². The molecule has 0 saturated heterocycles. The summed E-state index contributed by atoms with van der Waals surface area (Å²) in [5, 5.41) is 4.12. The quantitative estimate of drug-likeness (QED) is 0.683. The molecule has 0 radical (unpaired) electrons. The highest BCUT2D eigenvalue weighted by atomic mass is 16.5. The number of ether oxygens (including phenoxy) is 1. The predicted molar refractivity (Wildman–Crippen MR) is 93.3 cm³/mol. The maximum atomic E-state index is 5.46. The molecule has 0 atom stereocenters. The summed E-state index contributed by atoms with van der Waals surface area (Å²) < 4.78 is 10.7. The van der Waals surface area contributed by atoms with Gasteiger partial charge >= 0.3 is 0 Å². The van der Waals surface area contributed by atoms with Crippen LogP contribution in [0, 0.1) is 0 Å². The number of rotatable bonds is 6. The molecule has 2 aromatic carbocycles. The zero-order chi connectivity index (χ0) is 17.0. The molecule has 24 heavy (non-hydrogen) atoms. The Labute approximate surface area is 142 Å². The smallest absolute Gasteiger partial charge is 0.227 e. The Balaban J connectivity index is 1.71. The SMILES string of the molecule is COc1cccc(Cc2noc(CC(C)(C)c3ccccc3)n2)c1. The highest BCUT2D eigenvalue weighted by molar-refractivity contribution is 5.30. The maximum absolute atomic E-state index is 5.46. The van der Waals surface area contributed by atoms with Crippen LogP contribution >= 0.6 is 0 Å². The van der Waals surface area contributed by atoms with Crippen molar-refractivity contribution in [3.05, 3.63) is 77.4 Å². The summed E-state index contributed by atoms with van der Waals surface area (Å²) in [6, 6.07) is 18.3. The van der Waals surface area contributed by atoms with Crippen LogP contribution in [0.25, 0.3) is 0 Å². The fourth-order valence-electron chi connectivity index (χ4n) is 2.77. The van der Waals surface area contributed by atoms with Crippen molar-refractivity contribution >= 4 is 0 Å². The molecule has 0 aliphatic rings. The van der Waals surface area contributed by atoms with Crippen molar-refractivity contribution in [3.63, 3.8) is 0 Å². The Kier molecular flexibility index (Phi) is 4.65. The van der Waals surface area contributed by atoms with E-state index in [4.69, 9.17) is 9.26 Å². The zero-order valence-electron chi connectivity index (χ0n) is 14.3. The summed E-state index contributed by atoms with van der Waals surface area (Å²) in [5.74, 6) is 2.20. The summed E-state index contributed by atoms with van der Waals surface area (Å²) >= 11 is 0. The first kappa shape index (κ1) is 16.2. The first-order valence-corrected chi connectivity index (χ1v) is 8.07. The lowest BCUT2D eigenvalue weighted by Gasteiger charge is -2.23. The van der Waals surface area contributed by atoms with E-state index in [1.807, 2.05) is 30.3 Å². The van der Waals surface area contributed by atoms with Crippen molar-refractivity contribution in [2.24, 2.45) is 0 Å². The molecule has 3 rings (SSSR count). The number of hydrogen-bond donors (Lipinski definition) is 0. The van der Waals surface area contributed by atoms with Gasteiger partial charge < -0.3 is 9.26 Å². The largest absolute Gasteiger partial charge is 0.497 e. The van der Waals surface area contributed by atoms with E-state index >= 15 is 0 Å². The minimum Gasteiger partial charge on any atom is -0.497 e. The van der Waals surface area contributed by atoms with Crippen molar-refractivity contribution in [3.8, 4) is 5.75 Å². The van der Waals surface area contributed by atoms with Crippen molar-refractivity contribution in [1.82, 2.24) is 10.1 Å². The number of hydrogen-bond acceptors (Lipinski definition) is 4. The molecule has 0 aliphatic heterocycles. The summed E-state index contributed by atoms with van der Waals surface area (Å²) in [6.45, 7) is 4.38. The fraction of sp³-hybridized carbons (Fsp3) is 0.300. The Hall–Kier alpha value is -2.62. The van der Waals surface area contributed by atoms with Crippen LogP contribution in [0.15, 0.2) is 59.1 Å². The Morgan fingerprint density at radius 1 is 1.04 bits per heavy atom. The molecule has 0 unspecified atom stereocenters. The van der Waals surface area contributed by atoms with Crippen LogP contribution in [-0.4, -0.2) is 17.3 Å². The number of nitrogens with zero attached hydrogens (tertiary/aromatic N) is 2. The van der Waals surface area contributed by atoms with Crippen molar-refractivity contribution in [2.75, 3.05) is 7.11 Å². The van der Waals surface area contributed by atoms with Gasteiger partial charge in [0, 0.05) is 12.8 Å². The molecule has 0 aliphatic carbocycles. The van der Waals surface area contributed by atoms with Gasteiger partial charge in [0.1, 0.15) is 5.75 Å². The first-order chi connectivity index (χ1) is 11.6. The Morgan fingerprint density at radius 3 is 2.58 bits per heavy atom. The van der Waals surface area contributed by atoms with Crippen LogP contribution in [0.4, 0.5) is 0 Å². The standard InChI is InChI=1S/C20H22N2O2/c1-20(2,16-9-5-4-6-10-16)14-19-21-18(22-24-19)13-15-8-7-11-17(12-15)23-3/h4-12H,13-14H2,1-3H3. The topological polar surface area (TPSA) is 48.2 Å². The second-order valence-corrected chi connectivity index (χ2v) is 6.56. The average Bonchev–Trinajstić information content (AvgIpc) is 3.02. The number of methoxy groups -OCH3 is 1. The monoisotopic (exact) mass is 322 g/mol. The molecule has 3 aromatic rings. The van der Waals surface area contributed by atoms with E-state index < -0.39 is 0 Å². The normalized spacial score (nSPS) is 11.5. The van der Waals surface area contributed by atoms with Gasteiger partial charge in [-0.3, -0.25) is 0 Å². The van der Waals surface area contributed by atoms with Gasteiger partial charge in [0.05, 0.1) is 7.11 Å². The Bertz CT molecular complexity index is 794. The van der Waals surface area contributed by atoms with Gasteiger partial charge in [-0.25, -0.2) is 0 Å². The molecule has 0 amide bonds. The van der Waals surface area contributed by atoms with Crippen LogP contribution in [0.1, 0.15) is 36.7 Å². The van der Waals surface area contributed by atoms with Crippen molar-refractivity contribution in [2.45, 2.75) is 32.1 Å². The van der Waals surface area contributed by atoms with E-state index in [1.165, 1.54) is 5.56 Å². The highest BCUT2D eigenvalue weighted by Gasteiger charge is 2.24.